The maximum atomic E-state index is 13.2. The number of nitrogens with two attached hydrogens (primary N) is 1. The fourth-order valence-electron chi connectivity index (χ4n) is 4.76. The highest BCUT2D eigenvalue weighted by atomic mass is 16.5. The number of fused-ring (bicyclic) bond motifs is 2. The van der Waals surface area contributed by atoms with Gasteiger partial charge in [-0.15, -0.1) is 0 Å². The van der Waals surface area contributed by atoms with Crippen molar-refractivity contribution in [1.29, 1.82) is 0 Å². The predicted molar refractivity (Wildman–Crippen MR) is 110 cm³/mol. The van der Waals surface area contributed by atoms with Crippen LogP contribution in [-0.2, 0) is 9.59 Å². The first-order valence-corrected chi connectivity index (χ1v) is 10.6. The number of nitrogens with one attached hydrogen (secondary N) is 2. The molecule has 1 aromatic rings. The van der Waals surface area contributed by atoms with Gasteiger partial charge in [0.15, 0.2) is 0 Å². The van der Waals surface area contributed by atoms with Gasteiger partial charge in [0.2, 0.25) is 11.8 Å². The summed E-state index contributed by atoms with van der Waals surface area (Å²) in [6.45, 7) is 1.19. The molecular weight excluding hydrogens is 386 g/mol. The molecule has 4 N–H and O–H groups in total. The molecule has 0 radical (unpaired) electrons. The van der Waals surface area contributed by atoms with Crippen molar-refractivity contribution in [3.8, 4) is 5.75 Å². The van der Waals surface area contributed by atoms with Crippen molar-refractivity contribution in [2.75, 3.05) is 26.7 Å². The predicted octanol–water partition coefficient (Wildman–Crippen LogP) is 0.358. The molecule has 9 nitrogen and oxygen atoms in total. The smallest absolute Gasteiger partial charge is 0.317 e. The third-order valence-electron chi connectivity index (χ3n) is 6.30. The van der Waals surface area contributed by atoms with Gasteiger partial charge in [0.25, 0.3) is 0 Å². The van der Waals surface area contributed by atoms with Crippen molar-refractivity contribution in [2.45, 2.75) is 49.9 Å². The highest BCUT2D eigenvalue weighted by molar-refractivity contribution is 5.91. The summed E-state index contributed by atoms with van der Waals surface area (Å²) in [6.07, 6.45) is 2.64. The number of para-hydroxylation sites is 1. The maximum absolute atomic E-state index is 13.2. The second kappa shape index (κ2) is 8.51. The van der Waals surface area contributed by atoms with E-state index in [2.05, 4.69) is 10.6 Å². The Hall–Kier alpha value is -2.81. The number of benzene rings is 1. The lowest BCUT2D eigenvalue weighted by Gasteiger charge is -2.37. The van der Waals surface area contributed by atoms with Gasteiger partial charge in [-0.2, -0.15) is 0 Å². The number of amides is 4. The van der Waals surface area contributed by atoms with Crippen molar-refractivity contribution in [3.05, 3.63) is 29.8 Å². The van der Waals surface area contributed by atoms with E-state index < -0.39 is 12.1 Å². The summed E-state index contributed by atoms with van der Waals surface area (Å²) in [5.41, 5.74) is 7.10. The van der Waals surface area contributed by atoms with E-state index in [4.69, 9.17) is 10.5 Å². The Morgan fingerprint density at radius 3 is 2.77 bits per heavy atom. The van der Waals surface area contributed by atoms with E-state index in [1.165, 1.54) is 0 Å². The van der Waals surface area contributed by atoms with E-state index in [9.17, 15) is 14.4 Å². The number of hydrogen-bond donors (Lipinski definition) is 3. The molecule has 4 atom stereocenters. The Balaban J connectivity index is 1.48. The standard InChI is InChI=1S/C21H29N5O4/c1-23-21(29)25-10-8-13-6-7-17(26(13)20(28)15(22)12-25)19(27)24-16-9-11-30-18-5-3-2-4-14(16)18/h2-5,13,15-17H,6-12,22H2,1H3,(H,23,29)(H,24,27)/t13-,15+,16-,17+/m1/s1. The number of hydrogen-bond acceptors (Lipinski definition) is 5. The SMILES string of the molecule is CNC(=O)N1CC[C@H]2CC[C@@H](C(=O)N[C@@H]3CCOc4ccccc43)N2C(=O)[C@@H](N)C1. The molecule has 3 aliphatic heterocycles. The number of rotatable bonds is 2. The first kappa shape index (κ1) is 20.5. The lowest BCUT2D eigenvalue weighted by molar-refractivity contribution is -0.142. The Morgan fingerprint density at radius 1 is 1.17 bits per heavy atom. The molecule has 0 spiro atoms. The molecule has 3 heterocycles. The van der Waals surface area contributed by atoms with Gasteiger partial charge in [-0.05, 0) is 25.3 Å². The molecule has 4 rings (SSSR count). The third kappa shape index (κ3) is 3.81. The van der Waals surface area contributed by atoms with E-state index >= 15 is 0 Å². The molecule has 162 valence electrons. The normalized spacial score (nSPS) is 28.5. The quantitative estimate of drug-likeness (QED) is 0.645. The van der Waals surface area contributed by atoms with Crippen LogP contribution in [0.2, 0.25) is 0 Å². The lowest BCUT2D eigenvalue weighted by atomic mass is 10.00. The zero-order valence-corrected chi connectivity index (χ0v) is 17.2. The fraction of sp³-hybridized carbons (Fsp3) is 0.571. The van der Waals surface area contributed by atoms with E-state index in [0.29, 0.717) is 32.4 Å². The van der Waals surface area contributed by atoms with Gasteiger partial charge in [-0.3, -0.25) is 9.59 Å². The highest BCUT2D eigenvalue weighted by Crippen LogP contribution is 2.33. The minimum absolute atomic E-state index is 0.0891. The fourth-order valence-corrected chi connectivity index (χ4v) is 4.76. The summed E-state index contributed by atoms with van der Waals surface area (Å²) in [6, 6.07) is 5.86. The van der Waals surface area contributed by atoms with Gasteiger partial charge in [0.1, 0.15) is 17.8 Å². The molecule has 0 aromatic heterocycles. The molecule has 9 heteroatoms. The number of carbonyl (C=O) groups excluding carboxylic acids is 3. The Kier molecular flexibility index (Phi) is 5.80. The topological polar surface area (TPSA) is 117 Å². The van der Waals surface area contributed by atoms with Crippen LogP contribution in [0.25, 0.3) is 0 Å². The van der Waals surface area contributed by atoms with Gasteiger partial charge in [0, 0.05) is 38.2 Å². The number of nitrogens with zero attached hydrogens (tertiary/aromatic N) is 2. The van der Waals surface area contributed by atoms with Crippen LogP contribution in [0.4, 0.5) is 4.79 Å². The molecule has 2 fully saturated rings. The zero-order valence-electron chi connectivity index (χ0n) is 17.2. The average molecular weight is 415 g/mol. The van der Waals surface area contributed by atoms with Gasteiger partial charge < -0.3 is 30.9 Å². The van der Waals surface area contributed by atoms with Crippen molar-refractivity contribution >= 4 is 17.8 Å². The summed E-state index contributed by atoms with van der Waals surface area (Å²) >= 11 is 0. The molecule has 3 aliphatic rings. The zero-order chi connectivity index (χ0) is 21.3. The summed E-state index contributed by atoms with van der Waals surface area (Å²) < 4.78 is 5.68. The summed E-state index contributed by atoms with van der Waals surface area (Å²) in [5, 5.41) is 5.72. The maximum Gasteiger partial charge on any atom is 0.317 e. The number of ether oxygens (including phenoxy) is 1. The largest absolute Gasteiger partial charge is 0.493 e. The molecule has 0 bridgehead atoms. The molecule has 0 aliphatic carbocycles. The molecule has 4 amide bonds. The van der Waals surface area contributed by atoms with Crippen molar-refractivity contribution in [2.24, 2.45) is 5.73 Å². The molecular formula is C21H29N5O4. The molecule has 1 aromatic carbocycles. The van der Waals surface area contributed by atoms with Crippen LogP contribution in [0.5, 0.6) is 5.75 Å². The van der Waals surface area contributed by atoms with Crippen molar-refractivity contribution < 1.29 is 19.1 Å². The van der Waals surface area contributed by atoms with Crippen LogP contribution < -0.4 is 21.1 Å². The Bertz CT molecular complexity index is 831. The first-order chi connectivity index (χ1) is 14.5. The van der Waals surface area contributed by atoms with Gasteiger partial charge in [-0.25, -0.2) is 4.79 Å². The third-order valence-corrected chi connectivity index (χ3v) is 6.30. The van der Waals surface area contributed by atoms with Crippen LogP contribution in [-0.4, -0.2) is 72.5 Å². The van der Waals surface area contributed by atoms with Crippen molar-refractivity contribution in [3.63, 3.8) is 0 Å². The van der Waals surface area contributed by atoms with E-state index in [0.717, 1.165) is 17.7 Å². The first-order valence-electron chi connectivity index (χ1n) is 10.6. The molecule has 0 saturated carbocycles. The Labute approximate surface area is 175 Å². The highest BCUT2D eigenvalue weighted by Gasteiger charge is 2.44. The van der Waals surface area contributed by atoms with Crippen molar-refractivity contribution in [1.82, 2.24) is 20.4 Å². The Morgan fingerprint density at radius 2 is 1.97 bits per heavy atom. The average Bonchev–Trinajstić information content (AvgIpc) is 3.18. The van der Waals surface area contributed by atoms with E-state index in [1.807, 2.05) is 24.3 Å². The van der Waals surface area contributed by atoms with Gasteiger partial charge in [0.05, 0.1) is 12.6 Å². The van der Waals surface area contributed by atoms with Crippen LogP contribution in [0.3, 0.4) is 0 Å². The lowest BCUT2D eigenvalue weighted by Crippen LogP contribution is -2.60. The summed E-state index contributed by atoms with van der Waals surface area (Å²) in [7, 11) is 1.56. The van der Waals surface area contributed by atoms with E-state index in [-0.39, 0.29) is 36.5 Å². The van der Waals surface area contributed by atoms with Crippen LogP contribution >= 0.6 is 0 Å². The van der Waals surface area contributed by atoms with E-state index in [1.54, 1.807) is 16.8 Å². The summed E-state index contributed by atoms with van der Waals surface area (Å²) in [5.74, 6) is 0.374. The summed E-state index contributed by atoms with van der Waals surface area (Å²) in [4.78, 5) is 41.5. The minimum Gasteiger partial charge on any atom is -0.493 e. The second-order valence-corrected chi connectivity index (χ2v) is 8.12. The number of carbonyl (C=O) groups is 3. The molecule has 30 heavy (non-hydrogen) atoms. The van der Waals surface area contributed by atoms with Gasteiger partial charge >= 0.3 is 6.03 Å². The monoisotopic (exact) mass is 415 g/mol. The minimum atomic E-state index is -0.845. The van der Waals surface area contributed by atoms with Crippen LogP contribution in [0.1, 0.15) is 37.3 Å². The molecule has 0 unspecified atom stereocenters. The van der Waals surface area contributed by atoms with Crippen LogP contribution in [0.15, 0.2) is 24.3 Å². The van der Waals surface area contributed by atoms with Gasteiger partial charge in [-0.1, -0.05) is 18.2 Å². The number of urea groups is 1. The second-order valence-electron chi connectivity index (χ2n) is 8.12. The molecule has 2 saturated heterocycles. The van der Waals surface area contributed by atoms with Crippen LogP contribution in [0, 0.1) is 0 Å².